The van der Waals surface area contributed by atoms with Crippen LogP contribution in [-0.4, -0.2) is 14.5 Å². The molecule has 1 N–H and O–H groups in total. The fourth-order valence-electron chi connectivity index (χ4n) is 3.70. The van der Waals surface area contributed by atoms with Crippen molar-refractivity contribution >= 4 is 33.0 Å². The van der Waals surface area contributed by atoms with E-state index >= 15 is 0 Å². The van der Waals surface area contributed by atoms with E-state index in [9.17, 15) is 8.42 Å². The van der Waals surface area contributed by atoms with Gasteiger partial charge in [-0.2, -0.15) is 0 Å². The third-order valence-corrected chi connectivity index (χ3v) is 7.62. The highest BCUT2D eigenvalue weighted by Crippen LogP contribution is 2.45. The van der Waals surface area contributed by atoms with Crippen molar-refractivity contribution in [1.29, 1.82) is 0 Å². The molecule has 2 aliphatic carbocycles. The van der Waals surface area contributed by atoms with Gasteiger partial charge in [0.2, 0.25) is 10.0 Å². The summed E-state index contributed by atoms with van der Waals surface area (Å²) < 4.78 is 28.5. The number of hydrogen-bond acceptors (Lipinski definition) is 3. The molecule has 1 heterocycles. The molecule has 0 saturated heterocycles. The zero-order chi connectivity index (χ0) is 13.6. The van der Waals surface area contributed by atoms with Crippen molar-refractivity contribution in [2.45, 2.75) is 42.9 Å². The maximum Gasteiger partial charge on any atom is 0.250 e. The lowest BCUT2D eigenvalue weighted by Crippen LogP contribution is -2.44. The van der Waals surface area contributed by atoms with E-state index in [-0.39, 0.29) is 6.04 Å². The molecule has 0 aliphatic heterocycles. The van der Waals surface area contributed by atoms with Crippen LogP contribution in [0.25, 0.3) is 0 Å². The van der Waals surface area contributed by atoms with Gasteiger partial charge in [-0.1, -0.05) is 18.5 Å². The first-order chi connectivity index (χ1) is 8.95. The summed E-state index contributed by atoms with van der Waals surface area (Å²) in [6.07, 6.45) is 4.62. The molecule has 106 valence electrons. The van der Waals surface area contributed by atoms with Gasteiger partial charge in [0.1, 0.15) is 4.21 Å². The SMILES string of the molecule is CC1CC2CCC(C1)C2NS(=O)(=O)c1ccc(Cl)s1. The smallest absolute Gasteiger partial charge is 0.207 e. The summed E-state index contributed by atoms with van der Waals surface area (Å²) in [5.41, 5.74) is 0. The molecule has 1 aromatic heterocycles. The highest BCUT2D eigenvalue weighted by atomic mass is 35.5. The van der Waals surface area contributed by atoms with Gasteiger partial charge in [0.15, 0.2) is 0 Å². The monoisotopic (exact) mass is 319 g/mol. The predicted octanol–water partition coefficient (Wildman–Crippen LogP) is 3.50. The van der Waals surface area contributed by atoms with E-state index in [1.807, 2.05) is 0 Å². The maximum absolute atomic E-state index is 12.4. The van der Waals surface area contributed by atoms with E-state index in [1.165, 1.54) is 0 Å². The lowest BCUT2D eigenvalue weighted by Gasteiger charge is -2.33. The summed E-state index contributed by atoms with van der Waals surface area (Å²) in [7, 11) is -3.40. The molecule has 2 fully saturated rings. The van der Waals surface area contributed by atoms with Gasteiger partial charge in [-0.25, -0.2) is 13.1 Å². The second-order valence-corrected chi connectivity index (χ2v) is 9.54. The minimum atomic E-state index is -3.40. The Labute approximate surface area is 123 Å². The van der Waals surface area contributed by atoms with E-state index in [0.29, 0.717) is 20.4 Å². The standard InChI is InChI=1S/C13H18ClNO2S2/c1-8-6-9-2-3-10(7-8)13(9)15-19(16,17)12-5-4-11(14)18-12/h4-5,8-10,13,15H,2-3,6-7H2,1H3. The highest BCUT2D eigenvalue weighted by molar-refractivity contribution is 7.91. The Morgan fingerprint density at radius 3 is 2.42 bits per heavy atom. The van der Waals surface area contributed by atoms with Crippen LogP contribution in [-0.2, 0) is 10.0 Å². The van der Waals surface area contributed by atoms with Crippen LogP contribution in [0.1, 0.15) is 32.6 Å². The van der Waals surface area contributed by atoms with Gasteiger partial charge in [0, 0.05) is 6.04 Å². The van der Waals surface area contributed by atoms with Crippen LogP contribution in [0.2, 0.25) is 4.34 Å². The largest absolute Gasteiger partial charge is 0.250 e. The Bertz CT molecular complexity index is 555. The summed E-state index contributed by atoms with van der Waals surface area (Å²) in [6, 6.07) is 3.35. The lowest BCUT2D eigenvalue weighted by molar-refractivity contribution is 0.225. The van der Waals surface area contributed by atoms with Gasteiger partial charge >= 0.3 is 0 Å². The molecule has 3 nitrogen and oxygen atoms in total. The molecular formula is C13H18ClNO2S2. The maximum atomic E-state index is 12.4. The fourth-order valence-corrected chi connectivity index (χ4v) is 6.58. The molecule has 0 spiro atoms. The molecule has 2 saturated carbocycles. The van der Waals surface area contributed by atoms with Crippen LogP contribution in [0.5, 0.6) is 0 Å². The topological polar surface area (TPSA) is 46.2 Å². The van der Waals surface area contributed by atoms with Crippen LogP contribution < -0.4 is 4.72 Å². The third kappa shape index (κ3) is 2.71. The molecule has 3 rings (SSSR count). The van der Waals surface area contributed by atoms with Gasteiger partial charge in [-0.3, -0.25) is 0 Å². The fraction of sp³-hybridized carbons (Fsp3) is 0.692. The van der Waals surface area contributed by atoms with Crippen molar-refractivity contribution < 1.29 is 8.42 Å². The second-order valence-electron chi connectivity index (χ2n) is 5.88. The first-order valence-corrected chi connectivity index (χ1v) is 9.41. The number of hydrogen-bond donors (Lipinski definition) is 1. The summed E-state index contributed by atoms with van der Waals surface area (Å²) in [5.74, 6) is 1.76. The minimum absolute atomic E-state index is 0.127. The molecule has 2 unspecified atom stereocenters. The number of thiophene rings is 1. The summed E-state index contributed by atoms with van der Waals surface area (Å²) in [5, 5.41) is 0. The van der Waals surface area contributed by atoms with Crippen LogP contribution in [0.3, 0.4) is 0 Å². The zero-order valence-corrected chi connectivity index (χ0v) is 13.2. The van der Waals surface area contributed by atoms with Crippen LogP contribution in [0.15, 0.2) is 16.3 Å². The molecule has 19 heavy (non-hydrogen) atoms. The van der Waals surface area contributed by atoms with Crippen molar-refractivity contribution in [2.75, 3.05) is 0 Å². The number of nitrogens with one attached hydrogen (secondary N) is 1. The average Bonchev–Trinajstić information content (AvgIpc) is 2.83. The summed E-state index contributed by atoms with van der Waals surface area (Å²) >= 11 is 6.95. The number of fused-ring (bicyclic) bond motifs is 2. The number of halogens is 1. The quantitative estimate of drug-likeness (QED) is 0.926. The van der Waals surface area contributed by atoms with Crippen molar-refractivity contribution in [3.8, 4) is 0 Å². The van der Waals surface area contributed by atoms with Crippen molar-refractivity contribution in [2.24, 2.45) is 17.8 Å². The highest BCUT2D eigenvalue weighted by Gasteiger charge is 2.43. The Morgan fingerprint density at radius 2 is 1.89 bits per heavy atom. The minimum Gasteiger partial charge on any atom is -0.207 e. The molecular weight excluding hydrogens is 302 g/mol. The average molecular weight is 320 g/mol. The summed E-state index contributed by atoms with van der Waals surface area (Å²) in [6.45, 7) is 2.27. The lowest BCUT2D eigenvalue weighted by atomic mass is 9.79. The molecule has 6 heteroatoms. The van der Waals surface area contributed by atoms with Gasteiger partial charge < -0.3 is 0 Å². The number of rotatable bonds is 3. The summed E-state index contributed by atoms with van der Waals surface area (Å²) in [4.78, 5) is 0. The van der Waals surface area contributed by atoms with E-state index in [1.54, 1.807) is 12.1 Å². The van der Waals surface area contributed by atoms with Crippen LogP contribution in [0, 0.1) is 17.8 Å². The number of sulfonamides is 1. The van der Waals surface area contributed by atoms with E-state index in [0.717, 1.165) is 42.9 Å². The third-order valence-electron chi connectivity index (χ3n) is 4.44. The van der Waals surface area contributed by atoms with E-state index in [4.69, 9.17) is 11.6 Å². The van der Waals surface area contributed by atoms with Crippen LogP contribution >= 0.6 is 22.9 Å². The van der Waals surface area contributed by atoms with Crippen molar-refractivity contribution in [3.63, 3.8) is 0 Å². The zero-order valence-electron chi connectivity index (χ0n) is 10.8. The molecule has 0 amide bonds. The molecule has 1 aromatic rings. The van der Waals surface area contributed by atoms with Gasteiger partial charge in [-0.15, -0.1) is 11.3 Å². The van der Waals surface area contributed by atoms with E-state index < -0.39 is 10.0 Å². The Kier molecular flexibility index (Phi) is 3.67. The van der Waals surface area contributed by atoms with Crippen molar-refractivity contribution in [3.05, 3.63) is 16.5 Å². The normalized spacial score (nSPS) is 34.6. The van der Waals surface area contributed by atoms with Gasteiger partial charge in [0.25, 0.3) is 0 Å². The molecule has 0 aromatic carbocycles. The Morgan fingerprint density at radius 1 is 1.26 bits per heavy atom. The Balaban J connectivity index is 1.79. The molecule has 2 bridgehead atoms. The second kappa shape index (κ2) is 5.02. The van der Waals surface area contributed by atoms with E-state index in [2.05, 4.69) is 11.6 Å². The Hall–Kier alpha value is -0.100. The first kappa shape index (κ1) is 13.9. The van der Waals surface area contributed by atoms with Gasteiger partial charge in [0.05, 0.1) is 4.34 Å². The first-order valence-electron chi connectivity index (χ1n) is 6.73. The molecule has 2 atom stereocenters. The van der Waals surface area contributed by atoms with Crippen LogP contribution in [0.4, 0.5) is 0 Å². The molecule has 0 radical (unpaired) electrons. The predicted molar refractivity (Wildman–Crippen MR) is 78.1 cm³/mol. The van der Waals surface area contributed by atoms with Crippen molar-refractivity contribution in [1.82, 2.24) is 4.72 Å². The van der Waals surface area contributed by atoms with Gasteiger partial charge in [-0.05, 0) is 55.6 Å². The molecule has 2 aliphatic rings.